The van der Waals surface area contributed by atoms with Crippen molar-refractivity contribution in [3.63, 3.8) is 0 Å². The van der Waals surface area contributed by atoms with Crippen LogP contribution in [0.2, 0.25) is 0 Å². The number of carboxylic acid groups (broad SMARTS) is 3. The largest absolute Gasteiger partial charge is 1.00 e. The summed E-state index contributed by atoms with van der Waals surface area (Å²) in [5.41, 5.74) is 11.4. The number of amides is 1. The normalized spacial score (nSPS) is 13.0. The van der Waals surface area contributed by atoms with Gasteiger partial charge in [-0.3, -0.25) is 32.7 Å². The molecule has 0 spiro atoms. The maximum atomic E-state index is 13.7. The van der Waals surface area contributed by atoms with Crippen molar-refractivity contribution in [2.45, 2.75) is 152 Å². The monoisotopic (exact) mass is 2160 g/mol. The van der Waals surface area contributed by atoms with Crippen molar-refractivity contribution in [3.8, 4) is 0 Å². The Bertz CT molecular complexity index is 4240. The molecule has 29 nitrogen and oxygen atoms in total. The second kappa shape index (κ2) is 87.0. The predicted molar refractivity (Wildman–Crippen MR) is 489 cm³/mol. The fourth-order valence-electron chi connectivity index (χ4n) is 11.2. The molecular formula is C78H107Cl11F10MgN12Na2O17S. The molecule has 2 fully saturated rings. The minimum atomic E-state index is -3.33. The van der Waals surface area contributed by atoms with Gasteiger partial charge in [0.2, 0.25) is 0 Å². The summed E-state index contributed by atoms with van der Waals surface area (Å²) in [5, 5.41) is 62.9. The summed E-state index contributed by atoms with van der Waals surface area (Å²) < 4.78 is 147. The van der Waals surface area contributed by atoms with Crippen LogP contribution in [0.5, 0.6) is 0 Å². The first-order valence-electron chi connectivity index (χ1n) is 37.0. The number of nitrogens with two attached hydrogens (primary N) is 1. The van der Waals surface area contributed by atoms with Gasteiger partial charge in [0, 0.05) is 91.9 Å². The predicted octanol–water partition coefficient (Wildman–Crippen LogP) is 9.47. The topological polar surface area (TPSA) is 454 Å². The van der Waals surface area contributed by atoms with E-state index in [-0.39, 0.29) is 185 Å². The first kappa shape index (κ1) is 148. The third kappa shape index (κ3) is 67.0. The van der Waals surface area contributed by atoms with Crippen LogP contribution in [0.15, 0.2) is 160 Å². The Morgan fingerprint density at radius 1 is 0.515 bits per heavy atom. The maximum absolute atomic E-state index is 13.7. The number of hydrogen-bond acceptors (Lipinski definition) is 21. The molecule has 4 aromatic heterocycles. The molecule has 0 saturated heterocycles. The number of hydrogen-bond donors (Lipinski definition) is 10. The molecular weight excluding hydrogens is 2060 g/mol. The van der Waals surface area contributed by atoms with E-state index in [1.165, 1.54) is 100 Å². The van der Waals surface area contributed by atoms with E-state index in [4.69, 9.17) is 115 Å². The van der Waals surface area contributed by atoms with Gasteiger partial charge in [0.25, 0.3) is 17.7 Å². The molecule has 1 unspecified atom stereocenters. The van der Waals surface area contributed by atoms with Gasteiger partial charge in [-0.05, 0) is 108 Å². The van der Waals surface area contributed by atoms with Crippen LogP contribution in [-0.2, 0) is 54.7 Å². The van der Waals surface area contributed by atoms with Crippen LogP contribution < -0.4 is 85.9 Å². The van der Waals surface area contributed by atoms with Crippen molar-refractivity contribution in [1.82, 2.24) is 54.2 Å². The molecule has 12 N–H and O–H groups in total. The number of aliphatic carboxylic acids is 3. The Morgan fingerprint density at radius 3 is 1.05 bits per heavy atom. The number of benzene rings is 4. The van der Waals surface area contributed by atoms with Gasteiger partial charge in [-0.15, -0.1) is 132 Å². The molecule has 2 aliphatic carbocycles. The number of rotatable bonds is 24. The Morgan fingerprint density at radius 2 is 0.803 bits per heavy atom. The van der Waals surface area contributed by atoms with Crippen molar-refractivity contribution in [2.75, 3.05) is 69.2 Å². The molecule has 54 heteroatoms. The average molecular weight is 2170 g/mol. The third-order valence-electron chi connectivity index (χ3n) is 16.8. The molecule has 738 valence electrons. The maximum Gasteiger partial charge on any atom is 1.00 e. The minimum Gasteiger partial charge on any atom is -0.870 e. The standard InChI is InChI=1S/C27H35F3N2O2.C25H34F2N2O.C7H6N4O.2C5H5FN2O.3C2H3FO2.3CH2Cl2.5ClH.Mg.2Na.H2O4S.H2O/c1-18(2)20-7-6-8-21(14-20)27(9-4-3-5-10-27)31-17-25(33)24(32-26(34)16-28)13-19-11-22(29)15-23(30)12-19;1-17(2)19-7-6-8-20(14-19)25(9-4-3-5-10-25)29-16-24(30)23(28)13-18-11-21(26)15-22(27)12-18;12-7(10-3-1-8-5-10)11-4-2-9-6-11;2*6-3-5(9)8-2-1-7-4-8;3*3-1-2(4)5;3*2-1-3;;;;;;;;;1-4-5(2)3;/h6-8,11-12,14-15,18,24-25,31,33H,3-5,9-10,13,16-17H2,1-2H3,(H,32,34);6-8,11-12,14-15,17,23-24,29-30H,3-5,9-10,13,16,28H2,1-2H3;1-6H;2*1-2,4H,3H2;3*1H2,(H,4,5);3*1H2;5*1H;;;;1H,(H,2,3);1H2/q;;;;;;;;;;;;;;;;;2*+1;;/p-2/t24-,25+;23-,24+;;;;;;;;;;;;;;;;;;;/m00.................../s1. The number of aliphatic hydroxyl groups excluding tert-OH is 2. The molecule has 1 amide bonds. The second-order valence-corrected chi connectivity index (χ2v) is 32.3. The molecule has 8 aromatic rings. The van der Waals surface area contributed by atoms with Crippen molar-refractivity contribution in [3.05, 3.63) is 216 Å². The number of nitrogens with one attached hydrogen (secondary N) is 3. The van der Waals surface area contributed by atoms with E-state index in [9.17, 15) is 77.5 Å². The quantitative estimate of drug-likeness (QED) is 0.00884. The van der Waals surface area contributed by atoms with Crippen molar-refractivity contribution in [2.24, 2.45) is 5.73 Å². The van der Waals surface area contributed by atoms with Crippen molar-refractivity contribution < 1.29 is 186 Å². The van der Waals surface area contributed by atoms with Crippen LogP contribution in [0, 0.1) is 23.3 Å². The number of carbonyl (C=O) groups excluding carboxylic acids is 5. The zero-order chi connectivity index (χ0) is 94.4. The number of nitrogens with zero attached hydrogens (tertiary/aromatic N) is 8. The summed E-state index contributed by atoms with van der Waals surface area (Å²) in [5.74, 6) is -8.45. The molecule has 132 heavy (non-hydrogen) atoms. The van der Waals surface area contributed by atoms with E-state index in [0.29, 0.717) is 43.7 Å². The van der Waals surface area contributed by atoms with E-state index in [2.05, 4.69) is 116 Å². The molecule has 0 bridgehead atoms. The Hall–Kier alpha value is -4.34. The van der Waals surface area contributed by atoms with Gasteiger partial charge in [0.1, 0.15) is 55.3 Å². The SMILES string of the molecule is CC(C)c1cccc(C2(NC[C@@H](O)[C@@H](N)Cc3cc(F)cc(F)c3)CCCCC2)c1.CC(C)c1cccc(C2(NC[C@@H](O)[C@H](Cc3cc(F)cc(F)c3)NC(=O)CF)CCCCC2)c1.Cl.Cl.Cl.Cl.Cl.ClCCl.ClCCl.ClCCl.O=C(CF)n1ccnc1.O=C(CF)n1ccnc1.O=C(O)CF.O=C(O)CF.O=C([O-])CF.O=C(n1ccnc1)n1ccnc1.O=[S](O)(=[Mg])OO.[Na+].[Na+].[OH-]. The molecule has 4 heterocycles. The zero-order valence-electron chi connectivity index (χ0n) is 72.3. The second-order valence-electron chi connectivity index (χ2n) is 26.4. The number of aromatic nitrogens is 8. The van der Waals surface area contributed by atoms with Crippen molar-refractivity contribution >= 4 is 200 Å². The number of carboxylic acids is 3. The van der Waals surface area contributed by atoms with Gasteiger partial charge in [0.05, 0.1) is 40.2 Å². The van der Waals surface area contributed by atoms with Crippen LogP contribution in [0.3, 0.4) is 0 Å². The number of halogens is 21. The van der Waals surface area contributed by atoms with Crippen LogP contribution in [-0.4, -0.2) is 233 Å². The van der Waals surface area contributed by atoms with Crippen LogP contribution in [0.25, 0.3) is 0 Å². The first-order valence-corrected chi connectivity index (χ1v) is 43.6. The van der Waals surface area contributed by atoms with E-state index in [1.807, 2.05) is 0 Å². The van der Waals surface area contributed by atoms with Gasteiger partial charge in [0.15, 0.2) is 33.4 Å². The van der Waals surface area contributed by atoms with Gasteiger partial charge in [-0.1, -0.05) is 115 Å². The van der Waals surface area contributed by atoms with E-state index >= 15 is 0 Å². The minimum absolute atomic E-state index is 0. The smallest absolute Gasteiger partial charge is 0.870 e. The third-order valence-corrected chi connectivity index (χ3v) is 17.4. The Kier molecular flexibility index (Phi) is 97.4. The summed E-state index contributed by atoms with van der Waals surface area (Å²) in [6, 6.07) is 21.9. The molecule has 0 radical (unpaired) electrons. The molecule has 2 saturated carbocycles. The van der Waals surface area contributed by atoms with Crippen LogP contribution >= 0.6 is 132 Å². The fourth-order valence-corrected chi connectivity index (χ4v) is 11.2. The van der Waals surface area contributed by atoms with Gasteiger partial charge >= 0.3 is 123 Å². The van der Waals surface area contributed by atoms with E-state index < -0.39 is 131 Å². The van der Waals surface area contributed by atoms with Crippen LogP contribution in [0.4, 0.5) is 48.7 Å². The van der Waals surface area contributed by atoms with Gasteiger partial charge in [-0.2, -0.15) is 0 Å². The van der Waals surface area contributed by atoms with Gasteiger partial charge in [-0.25, -0.2) is 78.2 Å². The number of imidazole rings is 4. The fraction of sp³-hybridized carbons (Fsp3) is 0.449. The molecule has 4 aromatic carbocycles. The summed E-state index contributed by atoms with van der Waals surface area (Å²) in [6.45, 7) is 2.03. The van der Waals surface area contributed by atoms with Crippen LogP contribution in [0.1, 0.15) is 147 Å². The van der Waals surface area contributed by atoms with Gasteiger partial charge < -0.3 is 57.5 Å². The van der Waals surface area contributed by atoms with Crippen molar-refractivity contribution in [1.29, 1.82) is 0 Å². The number of carbonyl (C=O) groups is 7. The molecule has 0 aliphatic heterocycles. The summed E-state index contributed by atoms with van der Waals surface area (Å²) in [6.07, 6.45) is 26.3. The average Bonchev–Trinajstić information content (AvgIpc) is 0.817. The molecule has 5 atom stereocenters. The zero-order valence-corrected chi connectivity index (χ0v) is 87.2. The summed E-state index contributed by atoms with van der Waals surface area (Å²) in [4.78, 5) is 85.6. The number of alkyl halides is 12. The first-order chi connectivity index (χ1) is 58.7. The molecule has 2 aliphatic rings. The Labute approximate surface area is 875 Å². The Balaban J connectivity index is -0.000000170. The van der Waals surface area contributed by atoms with E-state index in [0.717, 1.165) is 91.2 Å². The number of aliphatic hydroxyl groups is 2. The molecule has 10 rings (SSSR count). The van der Waals surface area contributed by atoms with E-state index in [1.54, 1.807) is 24.8 Å². The summed E-state index contributed by atoms with van der Waals surface area (Å²) in [7, 11) is -3.33. The summed E-state index contributed by atoms with van der Waals surface area (Å²) >= 11 is 29.3.